The van der Waals surface area contributed by atoms with Crippen LogP contribution in [-0.4, -0.2) is 21.5 Å². The van der Waals surface area contributed by atoms with Crippen molar-refractivity contribution in [3.05, 3.63) is 22.8 Å². The highest BCUT2D eigenvalue weighted by Crippen LogP contribution is 2.41. The second kappa shape index (κ2) is 3.70. The molecule has 2 heterocycles. The molecule has 1 aromatic heterocycles. The van der Waals surface area contributed by atoms with E-state index >= 15 is 0 Å². The number of nitrogens with zero attached hydrogens (tertiary/aromatic N) is 2. The van der Waals surface area contributed by atoms with Gasteiger partial charge in [-0.1, -0.05) is 0 Å². The molecule has 2 N–H and O–H groups in total. The molecule has 1 aromatic rings. The predicted molar refractivity (Wildman–Crippen MR) is 66.6 cm³/mol. The van der Waals surface area contributed by atoms with Gasteiger partial charge in [-0.25, -0.2) is 9.97 Å². The van der Waals surface area contributed by atoms with E-state index in [1.807, 2.05) is 11.8 Å². The molecule has 0 atom stereocenters. The Bertz CT molecular complexity index is 427. The van der Waals surface area contributed by atoms with Crippen molar-refractivity contribution in [3.8, 4) is 0 Å². The minimum atomic E-state index is -0.195. The van der Waals surface area contributed by atoms with Crippen LogP contribution in [0.15, 0.2) is 0 Å². The molecule has 0 aromatic carbocycles. The lowest BCUT2D eigenvalue weighted by molar-refractivity contribution is 0.655. The van der Waals surface area contributed by atoms with Crippen LogP contribution in [-0.2, 0) is 18.4 Å². The lowest BCUT2D eigenvalue weighted by Crippen LogP contribution is -2.24. The van der Waals surface area contributed by atoms with Crippen LogP contribution >= 0.6 is 11.8 Å². The van der Waals surface area contributed by atoms with Gasteiger partial charge in [-0.15, -0.1) is 0 Å². The summed E-state index contributed by atoms with van der Waals surface area (Å²) in [5.41, 5.74) is 9.76. The molecule has 0 saturated heterocycles. The van der Waals surface area contributed by atoms with E-state index in [1.165, 1.54) is 22.8 Å². The van der Waals surface area contributed by atoms with Crippen LogP contribution in [0.1, 0.15) is 35.6 Å². The summed E-state index contributed by atoms with van der Waals surface area (Å²) in [6.45, 7) is 2.10. The topological polar surface area (TPSA) is 51.8 Å². The molecule has 1 fully saturated rings. The Morgan fingerprint density at radius 1 is 1.19 bits per heavy atom. The summed E-state index contributed by atoms with van der Waals surface area (Å²) >= 11 is 2.01. The molecule has 3 nitrogen and oxygen atoms in total. The van der Waals surface area contributed by atoms with Gasteiger partial charge in [0.15, 0.2) is 0 Å². The number of nitrogens with two attached hydrogens (primary N) is 1. The summed E-state index contributed by atoms with van der Waals surface area (Å²) < 4.78 is 0. The summed E-state index contributed by atoms with van der Waals surface area (Å²) in [5, 5.41) is 0. The molecule has 16 heavy (non-hydrogen) atoms. The van der Waals surface area contributed by atoms with Gasteiger partial charge in [0.2, 0.25) is 0 Å². The van der Waals surface area contributed by atoms with Crippen LogP contribution in [0.2, 0.25) is 0 Å². The zero-order valence-corrected chi connectivity index (χ0v) is 10.4. The molecule has 0 amide bonds. The molecule has 86 valence electrons. The van der Waals surface area contributed by atoms with Gasteiger partial charge in [0.05, 0.1) is 5.54 Å². The summed E-state index contributed by atoms with van der Waals surface area (Å²) in [7, 11) is 0. The number of fused-ring (bicyclic) bond motifs is 1. The van der Waals surface area contributed by atoms with E-state index in [0.29, 0.717) is 0 Å². The fraction of sp³-hybridized carbons (Fsp3) is 0.667. The molecule has 4 heteroatoms. The van der Waals surface area contributed by atoms with Crippen molar-refractivity contribution < 1.29 is 0 Å². The van der Waals surface area contributed by atoms with Gasteiger partial charge < -0.3 is 5.73 Å². The third-order valence-electron chi connectivity index (χ3n) is 3.51. The number of hydrogen-bond acceptors (Lipinski definition) is 4. The quantitative estimate of drug-likeness (QED) is 0.802. The van der Waals surface area contributed by atoms with Crippen molar-refractivity contribution >= 4 is 11.8 Å². The number of rotatable bonds is 1. The van der Waals surface area contributed by atoms with E-state index in [9.17, 15) is 0 Å². The Balaban J connectivity index is 2.05. The van der Waals surface area contributed by atoms with Gasteiger partial charge in [0, 0.05) is 11.4 Å². The fourth-order valence-electron chi connectivity index (χ4n) is 2.21. The maximum Gasteiger partial charge on any atom is 0.148 e. The lowest BCUT2D eigenvalue weighted by Gasteiger charge is -2.13. The first-order valence-corrected chi connectivity index (χ1v) is 7.08. The summed E-state index contributed by atoms with van der Waals surface area (Å²) in [6, 6.07) is 0. The van der Waals surface area contributed by atoms with E-state index in [0.717, 1.165) is 37.2 Å². The van der Waals surface area contributed by atoms with Crippen molar-refractivity contribution in [3.63, 3.8) is 0 Å². The standard InChI is InChI=1S/C12H17N3S/c1-8-9-2-6-16-7-3-10(9)15-11(14-8)12(13)4-5-12/h2-7,13H2,1H3. The average molecular weight is 235 g/mol. The third kappa shape index (κ3) is 1.74. The van der Waals surface area contributed by atoms with Crippen molar-refractivity contribution in [2.24, 2.45) is 5.73 Å². The van der Waals surface area contributed by atoms with Gasteiger partial charge in [0.25, 0.3) is 0 Å². The first-order valence-electron chi connectivity index (χ1n) is 5.92. The highest BCUT2D eigenvalue weighted by atomic mass is 32.2. The summed E-state index contributed by atoms with van der Waals surface area (Å²) in [6.07, 6.45) is 4.27. The fourth-order valence-corrected chi connectivity index (χ4v) is 3.10. The largest absolute Gasteiger partial charge is 0.319 e. The van der Waals surface area contributed by atoms with Crippen LogP contribution in [0.4, 0.5) is 0 Å². The molecule has 0 spiro atoms. The van der Waals surface area contributed by atoms with Gasteiger partial charge >= 0.3 is 0 Å². The second-order valence-electron chi connectivity index (χ2n) is 4.83. The smallest absolute Gasteiger partial charge is 0.148 e. The van der Waals surface area contributed by atoms with Crippen LogP contribution in [0.3, 0.4) is 0 Å². The lowest BCUT2D eigenvalue weighted by atomic mass is 10.1. The van der Waals surface area contributed by atoms with Gasteiger partial charge in [-0.05, 0) is 49.7 Å². The molecule has 0 bridgehead atoms. The first kappa shape index (κ1) is 10.5. The summed E-state index contributed by atoms with van der Waals surface area (Å²) in [4.78, 5) is 9.33. The maximum atomic E-state index is 6.18. The molecule has 2 aliphatic rings. The SMILES string of the molecule is Cc1nc(C2(N)CC2)nc2c1CCSCC2. The van der Waals surface area contributed by atoms with Gasteiger partial charge in [0.1, 0.15) is 5.82 Å². The van der Waals surface area contributed by atoms with E-state index in [2.05, 4.69) is 11.9 Å². The Morgan fingerprint density at radius 3 is 2.69 bits per heavy atom. The summed E-state index contributed by atoms with van der Waals surface area (Å²) in [5.74, 6) is 3.26. The molecular weight excluding hydrogens is 218 g/mol. The average Bonchev–Trinajstić information content (AvgIpc) is 3.02. The van der Waals surface area contributed by atoms with Crippen LogP contribution in [0, 0.1) is 6.92 Å². The minimum absolute atomic E-state index is 0.195. The zero-order chi connectivity index (χ0) is 11.2. The van der Waals surface area contributed by atoms with Crippen molar-refractivity contribution in [2.75, 3.05) is 11.5 Å². The highest BCUT2D eigenvalue weighted by Gasteiger charge is 2.43. The van der Waals surface area contributed by atoms with Gasteiger partial charge in [-0.2, -0.15) is 11.8 Å². The van der Waals surface area contributed by atoms with Crippen LogP contribution < -0.4 is 5.73 Å². The van der Waals surface area contributed by atoms with Crippen LogP contribution in [0.25, 0.3) is 0 Å². The molecule has 1 saturated carbocycles. The molecule has 0 unspecified atom stereocenters. The number of aromatic nitrogens is 2. The van der Waals surface area contributed by atoms with Crippen LogP contribution in [0.5, 0.6) is 0 Å². The van der Waals surface area contributed by atoms with Gasteiger partial charge in [-0.3, -0.25) is 0 Å². The van der Waals surface area contributed by atoms with E-state index in [4.69, 9.17) is 10.7 Å². The molecular formula is C12H17N3S. The molecule has 1 aliphatic carbocycles. The highest BCUT2D eigenvalue weighted by molar-refractivity contribution is 7.99. The monoisotopic (exact) mass is 235 g/mol. The Kier molecular flexibility index (Phi) is 2.44. The molecule has 3 rings (SSSR count). The van der Waals surface area contributed by atoms with Crippen molar-refractivity contribution in [2.45, 2.75) is 38.1 Å². The predicted octanol–water partition coefficient (Wildman–Crippen LogP) is 1.56. The normalized spacial score (nSPS) is 22.4. The number of aryl methyl sites for hydroxylation is 2. The molecule has 0 radical (unpaired) electrons. The van der Waals surface area contributed by atoms with Crippen molar-refractivity contribution in [1.29, 1.82) is 0 Å². The number of thioether (sulfide) groups is 1. The zero-order valence-electron chi connectivity index (χ0n) is 9.62. The van der Waals surface area contributed by atoms with Crippen molar-refractivity contribution in [1.82, 2.24) is 9.97 Å². The first-order chi connectivity index (χ1) is 7.69. The second-order valence-corrected chi connectivity index (χ2v) is 6.05. The Hall–Kier alpha value is -0.610. The Labute approximate surface area is 100 Å². The molecule has 1 aliphatic heterocycles. The number of hydrogen-bond donors (Lipinski definition) is 1. The third-order valence-corrected chi connectivity index (χ3v) is 4.50. The Morgan fingerprint density at radius 2 is 1.94 bits per heavy atom. The van der Waals surface area contributed by atoms with E-state index < -0.39 is 0 Å². The van der Waals surface area contributed by atoms with E-state index in [-0.39, 0.29) is 5.54 Å². The minimum Gasteiger partial charge on any atom is -0.319 e. The maximum absolute atomic E-state index is 6.18. The van der Waals surface area contributed by atoms with E-state index in [1.54, 1.807) is 0 Å².